The van der Waals surface area contributed by atoms with Crippen molar-refractivity contribution in [3.63, 3.8) is 0 Å². The molecule has 0 aliphatic carbocycles. The molecule has 1 N–H and O–H groups in total. The third-order valence-corrected chi connectivity index (χ3v) is 5.11. The molecule has 2 aromatic rings. The van der Waals surface area contributed by atoms with Crippen LogP contribution in [0.15, 0.2) is 54.1 Å². The fourth-order valence-corrected chi connectivity index (χ4v) is 3.55. The lowest BCUT2D eigenvalue weighted by Crippen LogP contribution is -2.29. The summed E-state index contributed by atoms with van der Waals surface area (Å²) in [6.07, 6.45) is 5.21. The van der Waals surface area contributed by atoms with Crippen LogP contribution in [0.5, 0.6) is 0 Å². The summed E-state index contributed by atoms with van der Waals surface area (Å²) in [7, 11) is 0. The fraction of sp³-hybridized carbons (Fsp3) is 0.304. The molecule has 7 nitrogen and oxygen atoms in total. The predicted molar refractivity (Wildman–Crippen MR) is 116 cm³/mol. The quantitative estimate of drug-likeness (QED) is 0.327. The molecular weight excluding hydrogens is 380 g/mol. The summed E-state index contributed by atoms with van der Waals surface area (Å²) in [6.45, 7) is 1.99. The highest BCUT2D eigenvalue weighted by Gasteiger charge is 2.21. The van der Waals surface area contributed by atoms with Crippen LogP contribution in [0.2, 0.25) is 0 Å². The van der Waals surface area contributed by atoms with E-state index >= 15 is 0 Å². The minimum Gasteiger partial charge on any atom is -0.366 e. The highest BCUT2D eigenvalue weighted by atomic mass is 16.6. The molecule has 0 atom stereocenters. The van der Waals surface area contributed by atoms with Gasteiger partial charge in [-0.2, -0.15) is 5.26 Å². The monoisotopic (exact) mass is 404 g/mol. The van der Waals surface area contributed by atoms with Crippen molar-refractivity contribution in [2.24, 2.45) is 0 Å². The van der Waals surface area contributed by atoms with Gasteiger partial charge in [0, 0.05) is 25.7 Å². The van der Waals surface area contributed by atoms with Crippen molar-refractivity contribution in [2.45, 2.75) is 25.7 Å². The number of carbonyl (C=O) groups is 1. The zero-order valence-electron chi connectivity index (χ0n) is 16.7. The molecule has 2 aromatic carbocycles. The van der Waals surface area contributed by atoms with Crippen molar-refractivity contribution in [1.82, 2.24) is 5.32 Å². The summed E-state index contributed by atoms with van der Waals surface area (Å²) >= 11 is 0. The van der Waals surface area contributed by atoms with E-state index in [9.17, 15) is 20.2 Å². The molecule has 0 aromatic heterocycles. The van der Waals surface area contributed by atoms with E-state index in [0.29, 0.717) is 24.2 Å². The Labute approximate surface area is 175 Å². The van der Waals surface area contributed by atoms with E-state index in [4.69, 9.17) is 0 Å². The van der Waals surface area contributed by atoms with Crippen molar-refractivity contribution in [3.8, 4) is 6.07 Å². The standard InChI is InChI=1S/C23H24N4O3/c24-17-20(23(28)25-12-11-18-7-3-1-4-8-18)15-19-9-10-21(22(16-19)27(29)30)26-13-5-2-6-14-26/h1,3-4,7-10,15-16H,2,5-6,11-14H2,(H,25,28)/b20-15+. The van der Waals surface area contributed by atoms with Gasteiger partial charge in [0.1, 0.15) is 17.3 Å². The highest BCUT2D eigenvalue weighted by molar-refractivity contribution is 6.01. The molecule has 0 saturated carbocycles. The lowest BCUT2D eigenvalue weighted by Gasteiger charge is -2.28. The van der Waals surface area contributed by atoms with Crippen molar-refractivity contribution < 1.29 is 9.72 Å². The number of amides is 1. The number of nitro benzene ring substituents is 1. The Morgan fingerprint density at radius 2 is 1.90 bits per heavy atom. The fourth-order valence-electron chi connectivity index (χ4n) is 3.55. The molecule has 1 heterocycles. The summed E-state index contributed by atoms with van der Waals surface area (Å²) < 4.78 is 0. The Balaban J connectivity index is 1.72. The minimum absolute atomic E-state index is 0.00701. The number of piperidine rings is 1. The van der Waals surface area contributed by atoms with E-state index < -0.39 is 10.8 Å². The number of hydrogen-bond donors (Lipinski definition) is 1. The van der Waals surface area contributed by atoms with Crippen LogP contribution in [-0.4, -0.2) is 30.5 Å². The van der Waals surface area contributed by atoms with Gasteiger partial charge in [-0.05, 0) is 49.0 Å². The van der Waals surface area contributed by atoms with Crippen LogP contribution >= 0.6 is 0 Å². The highest BCUT2D eigenvalue weighted by Crippen LogP contribution is 2.31. The number of nitrogens with one attached hydrogen (secondary N) is 1. The van der Waals surface area contributed by atoms with Crippen LogP contribution < -0.4 is 10.2 Å². The van der Waals surface area contributed by atoms with Crippen LogP contribution in [0.3, 0.4) is 0 Å². The first-order valence-corrected chi connectivity index (χ1v) is 10.1. The number of benzene rings is 2. The Morgan fingerprint density at radius 1 is 1.17 bits per heavy atom. The van der Waals surface area contributed by atoms with Gasteiger partial charge in [-0.1, -0.05) is 36.4 Å². The molecule has 0 spiro atoms. The Morgan fingerprint density at radius 3 is 2.57 bits per heavy atom. The molecule has 0 radical (unpaired) electrons. The number of hydrogen-bond acceptors (Lipinski definition) is 5. The molecule has 7 heteroatoms. The summed E-state index contributed by atoms with van der Waals surface area (Å²) in [5.41, 5.74) is 2.04. The van der Waals surface area contributed by atoms with E-state index in [1.807, 2.05) is 41.3 Å². The van der Waals surface area contributed by atoms with Gasteiger partial charge in [0.15, 0.2) is 0 Å². The van der Waals surface area contributed by atoms with E-state index in [0.717, 1.165) is 37.9 Å². The molecule has 0 bridgehead atoms. The second kappa shape index (κ2) is 10.2. The van der Waals surface area contributed by atoms with E-state index in [1.165, 1.54) is 12.1 Å². The predicted octanol–water partition coefficient (Wildman–Crippen LogP) is 3.85. The average Bonchev–Trinajstić information content (AvgIpc) is 2.78. The minimum atomic E-state index is -0.490. The summed E-state index contributed by atoms with van der Waals surface area (Å²) in [4.78, 5) is 25.6. The lowest BCUT2D eigenvalue weighted by molar-refractivity contribution is -0.384. The van der Waals surface area contributed by atoms with Gasteiger partial charge in [-0.25, -0.2) is 0 Å². The first-order valence-electron chi connectivity index (χ1n) is 10.1. The second-order valence-electron chi connectivity index (χ2n) is 7.21. The molecule has 3 rings (SSSR count). The molecular formula is C23H24N4O3. The second-order valence-corrected chi connectivity index (χ2v) is 7.21. The van der Waals surface area contributed by atoms with Crippen molar-refractivity contribution in [2.75, 3.05) is 24.5 Å². The normalized spacial score (nSPS) is 14.1. The molecule has 1 aliphatic rings. The first kappa shape index (κ1) is 21.1. The van der Waals surface area contributed by atoms with Crippen LogP contribution in [0.25, 0.3) is 6.08 Å². The molecule has 0 unspecified atom stereocenters. The Hall–Kier alpha value is -3.66. The largest absolute Gasteiger partial charge is 0.366 e. The zero-order valence-corrected chi connectivity index (χ0v) is 16.7. The van der Waals surface area contributed by atoms with Gasteiger partial charge in [-0.15, -0.1) is 0 Å². The van der Waals surface area contributed by atoms with Crippen LogP contribution in [0.4, 0.5) is 11.4 Å². The number of nitrogens with zero attached hydrogens (tertiary/aromatic N) is 3. The molecule has 1 aliphatic heterocycles. The van der Waals surface area contributed by atoms with Gasteiger partial charge in [-0.3, -0.25) is 14.9 Å². The number of rotatable bonds is 7. The van der Waals surface area contributed by atoms with E-state index in [2.05, 4.69) is 5.32 Å². The lowest BCUT2D eigenvalue weighted by atomic mass is 10.1. The SMILES string of the molecule is N#C/C(=C\c1ccc(N2CCCCC2)c([N+](=O)[O-])c1)C(=O)NCCc1ccccc1. The molecule has 1 saturated heterocycles. The van der Waals surface area contributed by atoms with Crippen molar-refractivity contribution >= 4 is 23.4 Å². The number of anilines is 1. The van der Waals surface area contributed by atoms with Crippen molar-refractivity contribution in [1.29, 1.82) is 5.26 Å². The average molecular weight is 404 g/mol. The Kier molecular flexibility index (Phi) is 7.17. The summed E-state index contributed by atoms with van der Waals surface area (Å²) in [5.74, 6) is -0.490. The van der Waals surface area contributed by atoms with Crippen LogP contribution in [0.1, 0.15) is 30.4 Å². The van der Waals surface area contributed by atoms with E-state index in [-0.39, 0.29) is 11.3 Å². The summed E-state index contributed by atoms with van der Waals surface area (Å²) in [5, 5.41) is 23.7. The maximum Gasteiger partial charge on any atom is 0.293 e. The first-order chi connectivity index (χ1) is 14.6. The zero-order chi connectivity index (χ0) is 21.3. The van der Waals surface area contributed by atoms with Gasteiger partial charge in [0.05, 0.1) is 4.92 Å². The number of nitriles is 1. The number of nitro groups is 1. The van der Waals surface area contributed by atoms with Gasteiger partial charge in [0.2, 0.25) is 0 Å². The number of carbonyl (C=O) groups excluding carboxylic acids is 1. The van der Waals surface area contributed by atoms with Crippen LogP contribution in [-0.2, 0) is 11.2 Å². The Bertz CT molecular complexity index is 974. The van der Waals surface area contributed by atoms with Gasteiger partial charge >= 0.3 is 0 Å². The molecule has 1 fully saturated rings. The van der Waals surface area contributed by atoms with Gasteiger partial charge in [0.25, 0.3) is 11.6 Å². The molecule has 30 heavy (non-hydrogen) atoms. The topological polar surface area (TPSA) is 99.3 Å². The van der Waals surface area contributed by atoms with E-state index in [1.54, 1.807) is 12.1 Å². The summed E-state index contributed by atoms with van der Waals surface area (Å²) in [6, 6.07) is 16.5. The van der Waals surface area contributed by atoms with Gasteiger partial charge < -0.3 is 10.2 Å². The van der Waals surface area contributed by atoms with Crippen molar-refractivity contribution in [3.05, 3.63) is 75.3 Å². The molecule has 1 amide bonds. The third-order valence-electron chi connectivity index (χ3n) is 5.11. The molecule has 154 valence electrons. The maximum atomic E-state index is 12.4. The maximum absolute atomic E-state index is 12.4. The van der Waals surface area contributed by atoms with Crippen LogP contribution in [0, 0.1) is 21.4 Å². The smallest absolute Gasteiger partial charge is 0.293 e. The third kappa shape index (κ3) is 5.45.